The molecule has 0 heterocycles. The van der Waals surface area contributed by atoms with E-state index in [1.54, 1.807) is 24.3 Å². The van der Waals surface area contributed by atoms with Gasteiger partial charge in [-0.3, -0.25) is 19.2 Å². The summed E-state index contributed by atoms with van der Waals surface area (Å²) in [5.41, 5.74) is -0.253. The van der Waals surface area contributed by atoms with E-state index in [1.807, 2.05) is 6.92 Å². The molecule has 2 bridgehead atoms. The normalized spacial score (nSPS) is 22.4. The van der Waals surface area contributed by atoms with Crippen molar-refractivity contribution in [3.63, 3.8) is 0 Å². The van der Waals surface area contributed by atoms with E-state index in [1.165, 1.54) is 31.4 Å². The molecule has 0 unspecified atom stereocenters. The quantitative estimate of drug-likeness (QED) is 0.349. The number of carbonyl (C=O) groups is 1. The third-order valence-corrected chi connectivity index (χ3v) is 9.55. The Morgan fingerprint density at radius 2 is 1.94 bits per heavy atom. The standard InChI is InChI=1S/C23H25BrClN3O5S/c1-14(20-11-15-2-3-16(20)10-15)26-23(29)13-27(18-6-4-17(24)5-7-18)34(32,33)19-8-9-21(25)22(12-19)28(30)31/h4-9,12,14-16,20H,2-3,10-11,13H2,1H3,(H,26,29)/t14-,15+,16+,20+/m1/s1. The van der Waals surface area contributed by atoms with Crippen molar-refractivity contribution in [3.05, 3.63) is 62.1 Å². The number of hydrogen-bond donors (Lipinski definition) is 1. The van der Waals surface area contributed by atoms with E-state index in [4.69, 9.17) is 11.6 Å². The molecule has 8 nitrogen and oxygen atoms in total. The molecule has 2 saturated carbocycles. The fourth-order valence-corrected chi connectivity index (χ4v) is 7.18. The van der Waals surface area contributed by atoms with Crippen molar-refractivity contribution in [1.29, 1.82) is 0 Å². The van der Waals surface area contributed by atoms with Crippen LogP contribution in [0.2, 0.25) is 5.02 Å². The van der Waals surface area contributed by atoms with Crippen LogP contribution in [0.25, 0.3) is 0 Å². The van der Waals surface area contributed by atoms with Crippen molar-refractivity contribution in [3.8, 4) is 0 Å². The first-order valence-electron chi connectivity index (χ1n) is 11.1. The molecule has 2 aliphatic carbocycles. The molecule has 0 spiro atoms. The van der Waals surface area contributed by atoms with Crippen LogP contribution in [0.5, 0.6) is 0 Å². The molecule has 0 radical (unpaired) electrons. The van der Waals surface area contributed by atoms with Gasteiger partial charge in [0, 0.05) is 16.6 Å². The lowest BCUT2D eigenvalue weighted by Crippen LogP contribution is -2.46. The molecule has 2 aliphatic rings. The van der Waals surface area contributed by atoms with E-state index in [0.29, 0.717) is 11.8 Å². The minimum atomic E-state index is -4.30. The summed E-state index contributed by atoms with van der Waals surface area (Å²) >= 11 is 9.19. The van der Waals surface area contributed by atoms with Crippen LogP contribution in [0.4, 0.5) is 11.4 Å². The van der Waals surface area contributed by atoms with Crippen LogP contribution in [-0.2, 0) is 14.8 Å². The van der Waals surface area contributed by atoms with E-state index >= 15 is 0 Å². The Bertz CT molecular complexity index is 1210. The predicted octanol–water partition coefficient (Wildman–Crippen LogP) is 5.15. The highest BCUT2D eigenvalue weighted by Crippen LogP contribution is 2.49. The number of benzene rings is 2. The van der Waals surface area contributed by atoms with Crippen molar-refractivity contribution in [1.82, 2.24) is 5.32 Å². The van der Waals surface area contributed by atoms with Crippen molar-refractivity contribution < 1.29 is 18.1 Å². The second-order valence-corrected chi connectivity index (χ2v) is 12.2. The smallest absolute Gasteiger partial charge is 0.289 e. The SMILES string of the molecule is C[C@@H](NC(=O)CN(c1ccc(Br)cc1)S(=O)(=O)c1ccc(Cl)c([N+](=O)[O-])c1)[C@@H]1C[C@H]2CC[C@H]1C2. The summed E-state index contributed by atoms with van der Waals surface area (Å²) in [6.45, 7) is 1.52. The Morgan fingerprint density at radius 3 is 2.53 bits per heavy atom. The second-order valence-electron chi connectivity index (χ2n) is 9.05. The molecule has 34 heavy (non-hydrogen) atoms. The maximum atomic E-state index is 13.6. The van der Waals surface area contributed by atoms with Crippen molar-refractivity contribution >= 4 is 54.8 Å². The van der Waals surface area contributed by atoms with Crippen molar-refractivity contribution in [2.45, 2.75) is 43.5 Å². The molecule has 1 N–H and O–H groups in total. The fraction of sp³-hybridized carbons (Fsp3) is 0.435. The number of rotatable bonds is 8. The van der Waals surface area contributed by atoms with Crippen LogP contribution < -0.4 is 9.62 Å². The maximum Gasteiger partial charge on any atom is 0.289 e. The summed E-state index contributed by atoms with van der Waals surface area (Å²) in [5, 5.41) is 14.1. The topological polar surface area (TPSA) is 110 Å². The number of carbonyl (C=O) groups excluding carboxylic acids is 1. The Balaban J connectivity index is 1.60. The highest BCUT2D eigenvalue weighted by molar-refractivity contribution is 9.10. The highest BCUT2D eigenvalue weighted by Gasteiger charge is 2.42. The lowest BCUT2D eigenvalue weighted by molar-refractivity contribution is -0.384. The van der Waals surface area contributed by atoms with Gasteiger partial charge in [0.25, 0.3) is 15.7 Å². The third kappa shape index (κ3) is 5.08. The summed E-state index contributed by atoms with van der Waals surface area (Å²) in [7, 11) is -4.30. The van der Waals surface area contributed by atoms with Crippen LogP contribution in [0.3, 0.4) is 0 Å². The largest absolute Gasteiger partial charge is 0.352 e. The van der Waals surface area contributed by atoms with Gasteiger partial charge >= 0.3 is 0 Å². The van der Waals surface area contributed by atoms with E-state index in [9.17, 15) is 23.3 Å². The van der Waals surface area contributed by atoms with Gasteiger partial charge in [-0.25, -0.2) is 8.42 Å². The number of sulfonamides is 1. The number of fused-ring (bicyclic) bond motifs is 2. The van der Waals surface area contributed by atoms with E-state index < -0.39 is 33.1 Å². The molecular weight excluding hydrogens is 546 g/mol. The molecule has 4 rings (SSSR count). The van der Waals surface area contributed by atoms with E-state index in [0.717, 1.165) is 27.2 Å². The van der Waals surface area contributed by atoms with Crippen LogP contribution in [0.15, 0.2) is 51.8 Å². The van der Waals surface area contributed by atoms with Crippen LogP contribution >= 0.6 is 27.5 Å². The second kappa shape index (κ2) is 9.83. The molecule has 2 aromatic rings. The highest BCUT2D eigenvalue weighted by atomic mass is 79.9. The predicted molar refractivity (Wildman–Crippen MR) is 133 cm³/mol. The number of hydrogen-bond acceptors (Lipinski definition) is 5. The Morgan fingerprint density at radius 1 is 1.24 bits per heavy atom. The summed E-state index contributed by atoms with van der Waals surface area (Å²) < 4.78 is 28.8. The lowest BCUT2D eigenvalue weighted by Gasteiger charge is -2.30. The van der Waals surface area contributed by atoms with Gasteiger partial charge in [0.05, 0.1) is 15.5 Å². The number of nitrogens with zero attached hydrogens (tertiary/aromatic N) is 2. The van der Waals surface area contributed by atoms with Gasteiger partial charge in [-0.2, -0.15) is 0 Å². The molecule has 2 aromatic carbocycles. The zero-order valence-electron chi connectivity index (χ0n) is 18.5. The van der Waals surface area contributed by atoms with E-state index in [2.05, 4.69) is 21.2 Å². The zero-order valence-corrected chi connectivity index (χ0v) is 21.6. The number of halogens is 2. The first-order chi connectivity index (χ1) is 16.1. The van der Waals surface area contributed by atoms with Gasteiger partial charge in [0.15, 0.2) is 0 Å². The van der Waals surface area contributed by atoms with Gasteiger partial charge in [0.1, 0.15) is 11.6 Å². The zero-order chi connectivity index (χ0) is 24.6. The Labute approximate surface area is 212 Å². The average molecular weight is 571 g/mol. The molecule has 1 amide bonds. The minimum absolute atomic E-state index is 0.0612. The maximum absolute atomic E-state index is 13.6. The lowest BCUT2D eigenvalue weighted by atomic mass is 9.84. The molecule has 0 aromatic heterocycles. The Kier molecular flexibility index (Phi) is 7.21. The first-order valence-corrected chi connectivity index (χ1v) is 13.7. The van der Waals surface area contributed by atoms with Crippen LogP contribution in [-0.4, -0.2) is 31.8 Å². The van der Waals surface area contributed by atoms with E-state index in [-0.39, 0.29) is 21.6 Å². The van der Waals surface area contributed by atoms with Gasteiger partial charge in [-0.1, -0.05) is 34.0 Å². The summed E-state index contributed by atoms with van der Waals surface area (Å²) in [6, 6.07) is 9.69. The number of nitro groups is 1. The molecule has 2 fully saturated rings. The van der Waals surface area contributed by atoms with Crippen LogP contribution in [0.1, 0.15) is 32.6 Å². The minimum Gasteiger partial charge on any atom is -0.352 e. The molecule has 4 atom stereocenters. The van der Waals surface area contributed by atoms with Crippen LogP contribution in [0, 0.1) is 27.9 Å². The summed E-state index contributed by atoms with van der Waals surface area (Å²) in [4.78, 5) is 23.3. The molecular formula is C23H25BrClN3O5S. The Hall–Kier alpha value is -2.17. The van der Waals surface area contributed by atoms with Gasteiger partial charge in [-0.15, -0.1) is 0 Å². The summed E-state index contributed by atoms with van der Waals surface area (Å²) in [5.74, 6) is 1.32. The number of amides is 1. The van der Waals surface area contributed by atoms with Gasteiger partial charge in [-0.05, 0) is 80.3 Å². The van der Waals surface area contributed by atoms with Gasteiger partial charge < -0.3 is 5.32 Å². The fourth-order valence-electron chi connectivity index (χ4n) is 5.29. The number of nitro benzene ring substituents is 1. The molecule has 0 saturated heterocycles. The number of nitrogens with one attached hydrogen (secondary N) is 1. The van der Waals surface area contributed by atoms with Crippen molar-refractivity contribution in [2.24, 2.45) is 17.8 Å². The average Bonchev–Trinajstić information content (AvgIpc) is 3.42. The summed E-state index contributed by atoms with van der Waals surface area (Å²) in [6.07, 6.45) is 4.74. The monoisotopic (exact) mass is 569 g/mol. The molecule has 0 aliphatic heterocycles. The first kappa shape index (κ1) is 24.9. The third-order valence-electron chi connectivity index (χ3n) is 6.93. The molecule has 11 heteroatoms. The van der Waals surface area contributed by atoms with Gasteiger partial charge in [0.2, 0.25) is 5.91 Å². The van der Waals surface area contributed by atoms with Crippen molar-refractivity contribution in [2.75, 3.05) is 10.8 Å². The molecule has 182 valence electrons. The number of anilines is 1.